The molecule has 0 aliphatic rings. The highest BCUT2D eigenvalue weighted by Crippen LogP contribution is 2.35. The molecule has 0 radical (unpaired) electrons. The summed E-state index contributed by atoms with van der Waals surface area (Å²) in [6.45, 7) is -0.0961. The van der Waals surface area contributed by atoms with Crippen LogP contribution in [0.25, 0.3) is 0 Å². The van der Waals surface area contributed by atoms with Gasteiger partial charge in [0.1, 0.15) is 24.7 Å². The number of sulfonamides is 1. The number of benzene rings is 2. The van der Waals surface area contributed by atoms with Crippen LogP contribution in [0, 0.1) is 0 Å². The van der Waals surface area contributed by atoms with E-state index in [1.54, 1.807) is 31.4 Å². The SMILES string of the molecule is COc1ccc(OCCNC(=O)CN(c2cc(Cl)c(Cl)cc2Cl)S(C)(=O)=O)cc1. The number of ether oxygens (including phenoxy) is 2. The van der Waals surface area contributed by atoms with Crippen LogP contribution >= 0.6 is 34.8 Å². The molecule has 0 aromatic heterocycles. The molecule has 0 spiro atoms. The molecule has 7 nitrogen and oxygen atoms in total. The summed E-state index contributed by atoms with van der Waals surface area (Å²) < 4.78 is 35.7. The van der Waals surface area contributed by atoms with Gasteiger partial charge in [0.15, 0.2) is 0 Å². The number of nitrogens with zero attached hydrogens (tertiary/aromatic N) is 1. The van der Waals surface area contributed by atoms with E-state index in [1.807, 2.05) is 0 Å². The third-order valence-corrected chi connectivity index (χ3v) is 5.85. The molecule has 1 N–H and O–H groups in total. The molecule has 0 aliphatic heterocycles. The van der Waals surface area contributed by atoms with Crippen molar-refractivity contribution in [2.45, 2.75) is 0 Å². The second-order valence-corrected chi connectivity index (χ2v) is 8.99. The maximum absolute atomic E-state index is 12.2. The minimum atomic E-state index is -3.80. The van der Waals surface area contributed by atoms with Crippen LogP contribution in [-0.4, -0.2) is 47.4 Å². The fourth-order valence-corrected chi connectivity index (χ4v) is 3.86. The number of hydrogen-bond acceptors (Lipinski definition) is 5. The van der Waals surface area contributed by atoms with E-state index in [4.69, 9.17) is 44.3 Å². The fraction of sp³-hybridized carbons (Fsp3) is 0.278. The molecule has 0 saturated heterocycles. The van der Waals surface area contributed by atoms with Crippen molar-refractivity contribution < 1.29 is 22.7 Å². The van der Waals surface area contributed by atoms with Crippen LogP contribution in [0.5, 0.6) is 11.5 Å². The molecule has 11 heteroatoms. The van der Waals surface area contributed by atoms with Gasteiger partial charge < -0.3 is 14.8 Å². The van der Waals surface area contributed by atoms with Crippen molar-refractivity contribution in [2.75, 3.05) is 37.4 Å². The maximum atomic E-state index is 12.2. The third-order valence-electron chi connectivity index (χ3n) is 3.70. The molecule has 0 unspecified atom stereocenters. The van der Waals surface area contributed by atoms with Crippen molar-refractivity contribution >= 4 is 56.4 Å². The Kier molecular flexibility index (Phi) is 8.27. The van der Waals surface area contributed by atoms with Gasteiger partial charge in [0.25, 0.3) is 0 Å². The predicted molar refractivity (Wildman–Crippen MR) is 115 cm³/mol. The van der Waals surface area contributed by atoms with Crippen molar-refractivity contribution in [3.05, 3.63) is 51.5 Å². The van der Waals surface area contributed by atoms with Crippen LogP contribution in [0.2, 0.25) is 15.1 Å². The Labute approximate surface area is 184 Å². The van der Waals surface area contributed by atoms with Gasteiger partial charge in [-0.25, -0.2) is 8.42 Å². The average molecular weight is 482 g/mol. The first kappa shape index (κ1) is 23.4. The summed E-state index contributed by atoms with van der Waals surface area (Å²) in [5.74, 6) is 0.781. The number of carbonyl (C=O) groups excluding carboxylic acids is 1. The zero-order valence-corrected chi connectivity index (χ0v) is 18.7. The highest BCUT2D eigenvalue weighted by Gasteiger charge is 2.24. The number of halogens is 3. The van der Waals surface area contributed by atoms with Crippen LogP contribution in [0.3, 0.4) is 0 Å². The van der Waals surface area contributed by atoms with Gasteiger partial charge in [-0.3, -0.25) is 9.10 Å². The van der Waals surface area contributed by atoms with E-state index in [0.29, 0.717) is 11.5 Å². The highest BCUT2D eigenvalue weighted by atomic mass is 35.5. The Morgan fingerprint density at radius 3 is 2.21 bits per heavy atom. The summed E-state index contributed by atoms with van der Waals surface area (Å²) in [5, 5.41) is 2.95. The van der Waals surface area contributed by atoms with Crippen LogP contribution in [-0.2, 0) is 14.8 Å². The number of carbonyl (C=O) groups is 1. The lowest BCUT2D eigenvalue weighted by atomic mass is 10.3. The molecule has 0 atom stereocenters. The number of hydrogen-bond donors (Lipinski definition) is 1. The van der Waals surface area contributed by atoms with Gasteiger partial charge in [0, 0.05) is 0 Å². The van der Waals surface area contributed by atoms with Gasteiger partial charge in [0.05, 0.1) is 40.7 Å². The monoisotopic (exact) mass is 480 g/mol. The Balaban J connectivity index is 1.96. The van der Waals surface area contributed by atoms with Crippen molar-refractivity contribution in [3.8, 4) is 11.5 Å². The number of rotatable bonds is 9. The lowest BCUT2D eigenvalue weighted by molar-refractivity contribution is -0.119. The second-order valence-electron chi connectivity index (χ2n) is 5.86. The van der Waals surface area contributed by atoms with E-state index in [2.05, 4.69) is 5.32 Å². The van der Waals surface area contributed by atoms with Crippen LogP contribution in [0.4, 0.5) is 5.69 Å². The van der Waals surface area contributed by atoms with Crippen LogP contribution in [0.1, 0.15) is 0 Å². The summed E-state index contributed by atoms with van der Waals surface area (Å²) in [7, 11) is -2.24. The van der Waals surface area contributed by atoms with E-state index in [-0.39, 0.29) is 33.9 Å². The normalized spacial score (nSPS) is 11.1. The van der Waals surface area contributed by atoms with E-state index in [0.717, 1.165) is 10.6 Å². The molecule has 0 aliphatic carbocycles. The Bertz CT molecular complexity index is 968. The summed E-state index contributed by atoms with van der Waals surface area (Å²) >= 11 is 17.9. The standard InChI is InChI=1S/C18H19Cl3N2O5S/c1-27-12-3-5-13(6-4-12)28-8-7-22-18(24)11-23(29(2,25)26)17-10-15(20)14(19)9-16(17)21/h3-6,9-10H,7-8,11H2,1-2H3,(H,22,24). The molecule has 158 valence electrons. The first-order valence-electron chi connectivity index (χ1n) is 8.27. The zero-order valence-electron chi connectivity index (χ0n) is 15.6. The molecule has 2 rings (SSSR count). The van der Waals surface area contributed by atoms with Crippen molar-refractivity contribution in [3.63, 3.8) is 0 Å². The van der Waals surface area contributed by atoms with E-state index < -0.39 is 22.5 Å². The third kappa shape index (κ3) is 6.85. The van der Waals surface area contributed by atoms with Gasteiger partial charge in [-0.15, -0.1) is 0 Å². The van der Waals surface area contributed by atoms with Gasteiger partial charge in [-0.1, -0.05) is 34.8 Å². The number of anilines is 1. The largest absolute Gasteiger partial charge is 0.497 e. The minimum absolute atomic E-state index is 0.0560. The molecule has 0 saturated carbocycles. The molecule has 0 fully saturated rings. The first-order valence-corrected chi connectivity index (χ1v) is 11.3. The van der Waals surface area contributed by atoms with Crippen molar-refractivity contribution in [1.29, 1.82) is 0 Å². The topological polar surface area (TPSA) is 84.9 Å². The van der Waals surface area contributed by atoms with Crippen LogP contribution < -0.4 is 19.1 Å². The van der Waals surface area contributed by atoms with E-state index >= 15 is 0 Å². The molecule has 2 aromatic carbocycles. The Hall–Kier alpha value is -1.87. The van der Waals surface area contributed by atoms with Gasteiger partial charge in [-0.05, 0) is 36.4 Å². The van der Waals surface area contributed by atoms with E-state index in [1.165, 1.54) is 12.1 Å². The number of methoxy groups -OCH3 is 1. The molecule has 1 amide bonds. The number of amides is 1. The van der Waals surface area contributed by atoms with E-state index in [9.17, 15) is 13.2 Å². The maximum Gasteiger partial charge on any atom is 0.240 e. The smallest absolute Gasteiger partial charge is 0.240 e. The summed E-state index contributed by atoms with van der Waals surface area (Å²) in [4.78, 5) is 12.2. The predicted octanol–water partition coefficient (Wildman–Crippen LogP) is 3.62. The molecular weight excluding hydrogens is 463 g/mol. The first-order chi connectivity index (χ1) is 13.6. The Morgan fingerprint density at radius 1 is 1.03 bits per heavy atom. The molecular formula is C18H19Cl3N2O5S. The highest BCUT2D eigenvalue weighted by molar-refractivity contribution is 7.92. The second kappa shape index (κ2) is 10.2. The quantitative estimate of drug-likeness (QED) is 0.437. The summed E-state index contributed by atoms with van der Waals surface area (Å²) in [6, 6.07) is 9.58. The Morgan fingerprint density at radius 2 is 1.62 bits per heavy atom. The molecule has 2 aromatic rings. The van der Waals surface area contributed by atoms with Crippen molar-refractivity contribution in [2.24, 2.45) is 0 Å². The van der Waals surface area contributed by atoms with Gasteiger partial charge >= 0.3 is 0 Å². The average Bonchev–Trinajstić information content (AvgIpc) is 2.66. The zero-order chi connectivity index (χ0) is 21.6. The summed E-state index contributed by atoms with van der Waals surface area (Å²) in [6.07, 6.45) is 0.964. The molecule has 0 heterocycles. The fourth-order valence-electron chi connectivity index (χ4n) is 2.30. The lowest BCUT2D eigenvalue weighted by Gasteiger charge is -2.23. The molecule has 29 heavy (non-hydrogen) atoms. The van der Waals surface area contributed by atoms with Crippen molar-refractivity contribution in [1.82, 2.24) is 5.32 Å². The number of nitrogens with one attached hydrogen (secondary N) is 1. The van der Waals surface area contributed by atoms with Gasteiger partial charge in [0.2, 0.25) is 15.9 Å². The molecule has 0 bridgehead atoms. The minimum Gasteiger partial charge on any atom is -0.497 e. The summed E-state index contributed by atoms with van der Waals surface area (Å²) in [5.41, 5.74) is 0.0631. The lowest BCUT2D eigenvalue weighted by Crippen LogP contribution is -2.41. The van der Waals surface area contributed by atoms with Crippen LogP contribution in [0.15, 0.2) is 36.4 Å². The van der Waals surface area contributed by atoms with Gasteiger partial charge in [-0.2, -0.15) is 0 Å².